The first-order chi connectivity index (χ1) is 10.0. The molecule has 5 nitrogen and oxygen atoms in total. The van der Waals surface area contributed by atoms with Crippen LogP contribution in [-0.4, -0.2) is 35.3 Å². The van der Waals surface area contributed by atoms with Crippen LogP contribution in [0.15, 0.2) is 24.3 Å². The van der Waals surface area contributed by atoms with Crippen LogP contribution < -0.4 is 4.90 Å². The highest BCUT2D eigenvalue weighted by Crippen LogP contribution is 2.28. The van der Waals surface area contributed by atoms with Crippen LogP contribution in [0.3, 0.4) is 0 Å². The Labute approximate surface area is 129 Å². The summed E-state index contributed by atoms with van der Waals surface area (Å²) in [4.78, 5) is 12.8. The van der Waals surface area contributed by atoms with Gasteiger partial charge in [0.05, 0.1) is 0 Å². The number of benzene rings is 1. The van der Waals surface area contributed by atoms with E-state index in [1.54, 1.807) is 6.92 Å². The number of aliphatic hydroxyl groups is 1. The minimum absolute atomic E-state index is 0.00361. The number of nitro groups is 1. The molecule has 0 bridgehead atoms. The average molecular weight is 313 g/mol. The van der Waals surface area contributed by atoms with Gasteiger partial charge in [-0.05, 0) is 43.0 Å². The summed E-state index contributed by atoms with van der Waals surface area (Å²) in [5, 5.41) is 21.9. The maximum absolute atomic E-state index is 11.0. The average Bonchev–Trinajstić information content (AvgIpc) is 2.48. The summed E-state index contributed by atoms with van der Waals surface area (Å²) in [5.41, 5.74) is 1.11. The molecule has 0 spiro atoms. The number of nitrogens with zero attached hydrogens (tertiary/aromatic N) is 2. The molecule has 1 aromatic rings. The van der Waals surface area contributed by atoms with E-state index < -0.39 is 12.1 Å². The summed E-state index contributed by atoms with van der Waals surface area (Å²) in [5.74, 6) is 0.00361. The highest BCUT2D eigenvalue weighted by Gasteiger charge is 2.36. The Hall–Kier alpha value is -1.33. The van der Waals surface area contributed by atoms with Gasteiger partial charge in [-0.15, -0.1) is 0 Å². The normalized spacial score (nSPS) is 19.3. The number of piperidine rings is 1. The molecule has 2 unspecified atom stereocenters. The molecule has 1 saturated heterocycles. The van der Waals surface area contributed by atoms with Crippen molar-refractivity contribution in [1.29, 1.82) is 0 Å². The van der Waals surface area contributed by atoms with E-state index in [4.69, 9.17) is 11.6 Å². The topological polar surface area (TPSA) is 66.6 Å². The zero-order valence-electron chi connectivity index (χ0n) is 12.1. The lowest BCUT2D eigenvalue weighted by Gasteiger charge is -2.36. The van der Waals surface area contributed by atoms with E-state index in [9.17, 15) is 15.2 Å². The van der Waals surface area contributed by atoms with Gasteiger partial charge in [0.15, 0.2) is 0 Å². The molecule has 1 N–H and O–H groups in total. The van der Waals surface area contributed by atoms with Crippen molar-refractivity contribution in [2.75, 3.05) is 18.0 Å². The van der Waals surface area contributed by atoms with E-state index >= 15 is 0 Å². The lowest BCUT2D eigenvalue weighted by atomic mass is 9.86. The van der Waals surface area contributed by atoms with Gasteiger partial charge in [-0.2, -0.15) is 0 Å². The van der Waals surface area contributed by atoms with E-state index in [2.05, 4.69) is 4.90 Å². The van der Waals surface area contributed by atoms with Gasteiger partial charge in [0.1, 0.15) is 6.10 Å². The summed E-state index contributed by atoms with van der Waals surface area (Å²) in [6, 6.07) is 6.82. The van der Waals surface area contributed by atoms with E-state index in [-0.39, 0.29) is 10.8 Å². The van der Waals surface area contributed by atoms with Crippen molar-refractivity contribution in [1.82, 2.24) is 0 Å². The Morgan fingerprint density at radius 2 is 1.95 bits per heavy atom. The molecular weight excluding hydrogens is 292 g/mol. The molecule has 0 radical (unpaired) electrons. The predicted molar refractivity (Wildman–Crippen MR) is 83.5 cm³/mol. The summed E-state index contributed by atoms with van der Waals surface area (Å²) < 4.78 is 0. The quantitative estimate of drug-likeness (QED) is 0.670. The van der Waals surface area contributed by atoms with Crippen molar-refractivity contribution in [2.24, 2.45) is 5.92 Å². The summed E-state index contributed by atoms with van der Waals surface area (Å²) in [6.45, 7) is 3.36. The third-order valence-corrected chi connectivity index (χ3v) is 4.55. The first kappa shape index (κ1) is 16.0. The summed E-state index contributed by atoms with van der Waals surface area (Å²) >= 11 is 5.88. The number of hydrogen-bond acceptors (Lipinski definition) is 4. The standard InChI is InChI=1S/C15H21ClN2O3/c1-2-14(18(20)21)15(19)11-7-9-17(10-8-11)13-5-3-12(16)4-6-13/h3-6,11,14-15,19H,2,7-10H2,1H3. The molecular formula is C15H21ClN2O3. The maximum atomic E-state index is 11.0. The molecule has 0 amide bonds. The monoisotopic (exact) mass is 312 g/mol. The predicted octanol–water partition coefficient (Wildman–Crippen LogP) is 2.97. The van der Waals surface area contributed by atoms with Crippen LogP contribution >= 0.6 is 11.6 Å². The van der Waals surface area contributed by atoms with E-state index in [1.165, 1.54) is 0 Å². The first-order valence-electron chi connectivity index (χ1n) is 7.35. The largest absolute Gasteiger partial charge is 0.386 e. The van der Waals surface area contributed by atoms with Crippen molar-refractivity contribution in [2.45, 2.75) is 38.3 Å². The Morgan fingerprint density at radius 1 is 1.38 bits per heavy atom. The number of rotatable bonds is 5. The minimum Gasteiger partial charge on any atom is -0.386 e. The lowest BCUT2D eigenvalue weighted by Crippen LogP contribution is -2.44. The molecule has 21 heavy (non-hydrogen) atoms. The van der Waals surface area contributed by atoms with Crippen LogP contribution in [0, 0.1) is 16.0 Å². The Morgan fingerprint density at radius 3 is 2.43 bits per heavy atom. The van der Waals surface area contributed by atoms with Crippen molar-refractivity contribution in [3.63, 3.8) is 0 Å². The third kappa shape index (κ3) is 3.86. The zero-order chi connectivity index (χ0) is 15.4. The van der Waals surface area contributed by atoms with Crippen molar-refractivity contribution in [3.8, 4) is 0 Å². The maximum Gasteiger partial charge on any atom is 0.238 e. The second-order valence-corrected chi connectivity index (χ2v) is 5.99. The smallest absolute Gasteiger partial charge is 0.238 e. The molecule has 2 rings (SSSR count). The molecule has 1 aliphatic heterocycles. The molecule has 1 aliphatic rings. The van der Waals surface area contributed by atoms with E-state index in [1.807, 2.05) is 24.3 Å². The van der Waals surface area contributed by atoms with Gasteiger partial charge >= 0.3 is 0 Å². The van der Waals surface area contributed by atoms with Gasteiger partial charge in [-0.3, -0.25) is 10.1 Å². The Kier molecular flexibility index (Phi) is 5.42. The number of hydrogen-bond donors (Lipinski definition) is 1. The second kappa shape index (κ2) is 7.09. The third-order valence-electron chi connectivity index (χ3n) is 4.30. The van der Waals surface area contributed by atoms with Gasteiger partial charge in [0, 0.05) is 35.1 Å². The van der Waals surface area contributed by atoms with Gasteiger partial charge in [0.2, 0.25) is 6.04 Å². The van der Waals surface area contributed by atoms with Gasteiger partial charge in [0.25, 0.3) is 0 Å². The number of aliphatic hydroxyl groups excluding tert-OH is 1. The highest BCUT2D eigenvalue weighted by atomic mass is 35.5. The van der Waals surface area contributed by atoms with Gasteiger partial charge in [-0.1, -0.05) is 18.5 Å². The summed E-state index contributed by atoms with van der Waals surface area (Å²) in [7, 11) is 0. The van der Waals surface area contributed by atoms with Crippen LogP contribution in [0.1, 0.15) is 26.2 Å². The van der Waals surface area contributed by atoms with Crippen molar-refractivity contribution >= 4 is 17.3 Å². The fourth-order valence-corrected chi connectivity index (χ4v) is 3.11. The van der Waals surface area contributed by atoms with Gasteiger partial charge < -0.3 is 10.0 Å². The summed E-state index contributed by atoms with van der Waals surface area (Å²) in [6.07, 6.45) is 1.06. The van der Waals surface area contributed by atoms with Gasteiger partial charge in [-0.25, -0.2) is 0 Å². The first-order valence-corrected chi connectivity index (χ1v) is 7.72. The zero-order valence-corrected chi connectivity index (χ0v) is 12.9. The molecule has 116 valence electrons. The van der Waals surface area contributed by atoms with Crippen molar-refractivity contribution < 1.29 is 10.0 Å². The van der Waals surface area contributed by atoms with Crippen LogP contribution in [0.25, 0.3) is 0 Å². The molecule has 2 atom stereocenters. The molecule has 0 aromatic heterocycles. The Balaban J connectivity index is 1.93. The van der Waals surface area contributed by atoms with Crippen LogP contribution in [0.4, 0.5) is 5.69 Å². The molecule has 6 heteroatoms. The second-order valence-electron chi connectivity index (χ2n) is 5.55. The fraction of sp³-hybridized carbons (Fsp3) is 0.600. The molecule has 1 heterocycles. The minimum atomic E-state index is -0.850. The lowest BCUT2D eigenvalue weighted by molar-refractivity contribution is -0.537. The molecule has 0 aliphatic carbocycles. The molecule has 0 saturated carbocycles. The van der Waals surface area contributed by atoms with E-state index in [0.29, 0.717) is 11.4 Å². The van der Waals surface area contributed by atoms with Crippen LogP contribution in [-0.2, 0) is 0 Å². The van der Waals surface area contributed by atoms with E-state index in [0.717, 1.165) is 31.6 Å². The SMILES string of the molecule is CCC(C(O)C1CCN(c2ccc(Cl)cc2)CC1)[N+](=O)[O-]. The van der Waals surface area contributed by atoms with Crippen molar-refractivity contribution in [3.05, 3.63) is 39.4 Å². The number of anilines is 1. The molecule has 1 aromatic carbocycles. The molecule has 1 fully saturated rings. The Bertz CT molecular complexity index is 472. The van der Waals surface area contributed by atoms with Crippen LogP contribution in [0.5, 0.6) is 0 Å². The fourth-order valence-electron chi connectivity index (χ4n) is 2.98. The number of halogens is 1. The van der Waals surface area contributed by atoms with Crippen LogP contribution in [0.2, 0.25) is 5.02 Å². The highest BCUT2D eigenvalue weighted by molar-refractivity contribution is 6.30.